The van der Waals surface area contributed by atoms with Gasteiger partial charge in [-0.1, -0.05) is 0 Å². The van der Waals surface area contributed by atoms with Crippen molar-refractivity contribution < 1.29 is 5.11 Å². The SMILES string of the molecule is Cc1cc(-c2nc3cnccc3n2C(C)(C)C)ccc1O. The Morgan fingerprint density at radius 3 is 2.57 bits per heavy atom. The number of hydrogen-bond donors (Lipinski definition) is 1. The Bertz CT molecular complexity index is 813. The molecule has 0 radical (unpaired) electrons. The van der Waals surface area contributed by atoms with Gasteiger partial charge >= 0.3 is 0 Å². The van der Waals surface area contributed by atoms with E-state index in [1.165, 1.54) is 0 Å². The maximum absolute atomic E-state index is 9.72. The van der Waals surface area contributed by atoms with Gasteiger partial charge in [-0.3, -0.25) is 4.98 Å². The lowest BCUT2D eigenvalue weighted by molar-refractivity contribution is 0.413. The van der Waals surface area contributed by atoms with Gasteiger partial charge in [-0.15, -0.1) is 0 Å². The summed E-state index contributed by atoms with van der Waals surface area (Å²) in [6.07, 6.45) is 3.58. The molecule has 0 unspecified atom stereocenters. The molecule has 3 rings (SSSR count). The minimum atomic E-state index is -0.1000. The molecular formula is C17H19N3O. The first-order chi connectivity index (χ1) is 9.88. The van der Waals surface area contributed by atoms with E-state index in [-0.39, 0.29) is 5.54 Å². The van der Waals surface area contributed by atoms with E-state index in [0.29, 0.717) is 5.75 Å². The van der Waals surface area contributed by atoms with Gasteiger partial charge in [0, 0.05) is 17.3 Å². The number of aromatic nitrogens is 3. The van der Waals surface area contributed by atoms with Crippen LogP contribution in [0.3, 0.4) is 0 Å². The molecule has 108 valence electrons. The molecule has 0 aliphatic heterocycles. The van der Waals surface area contributed by atoms with Gasteiger partial charge < -0.3 is 9.67 Å². The number of imidazole rings is 1. The Morgan fingerprint density at radius 1 is 1.14 bits per heavy atom. The first-order valence-corrected chi connectivity index (χ1v) is 7.01. The van der Waals surface area contributed by atoms with Crippen molar-refractivity contribution in [3.05, 3.63) is 42.2 Å². The summed E-state index contributed by atoms with van der Waals surface area (Å²) >= 11 is 0. The van der Waals surface area contributed by atoms with Crippen LogP contribution in [0.25, 0.3) is 22.4 Å². The number of phenols is 1. The molecule has 3 aromatic rings. The minimum Gasteiger partial charge on any atom is -0.508 e. The smallest absolute Gasteiger partial charge is 0.141 e. The molecule has 0 spiro atoms. The van der Waals surface area contributed by atoms with Gasteiger partial charge in [-0.05, 0) is 57.5 Å². The molecule has 1 N–H and O–H groups in total. The number of hydrogen-bond acceptors (Lipinski definition) is 3. The van der Waals surface area contributed by atoms with E-state index in [0.717, 1.165) is 28.0 Å². The van der Waals surface area contributed by atoms with Crippen molar-refractivity contribution in [2.75, 3.05) is 0 Å². The summed E-state index contributed by atoms with van der Waals surface area (Å²) in [5.41, 5.74) is 3.69. The zero-order chi connectivity index (χ0) is 15.2. The lowest BCUT2D eigenvalue weighted by atomic mass is 10.1. The molecule has 0 saturated heterocycles. The van der Waals surface area contributed by atoms with Crippen molar-refractivity contribution >= 4 is 11.0 Å². The molecule has 1 aromatic carbocycles. The van der Waals surface area contributed by atoms with Gasteiger partial charge in [0.25, 0.3) is 0 Å². The zero-order valence-corrected chi connectivity index (χ0v) is 12.8. The predicted octanol–water partition coefficient (Wildman–Crippen LogP) is 3.87. The standard InChI is InChI=1S/C17H19N3O/c1-11-9-12(5-6-15(11)21)16-19-13-10-18-8-7-14(13)20(16)17(2,3)4/h5-10,21H,1-4H3. The summed E-state index contributed by atoms with van der Waals surface area (Å²) < 4.78 is 2.22. The maximum Gasteiger partial charge on any atom is 0.141 e. The number of phenolic OH excluding ortho intramolecular Hbond substituents is 1. The van der Waals surface area contributed by atoms with E-state index in [1.54, 1.807) is 18.5 Å². The molecule has 2 heterocycles. The average molecular weight is 281 g/mol. The molecule has 0 fully saturated rings. The van der Waals surface area contributed by atoms with E-state index < -0.39 is 0 Å². The Morgan fingerprint density at radius 2 is 1.90 bits per heavy atom. The quantitative estimate of drug-likeness (QED) is 0.736. The van der Waals surface area contributed by atoms with Gasteiger partial charge in [0.15, 0.2) is 0 Å². The highest BCUT2D eigenvalue weighted by molar-refractivity contribution is 5.80. The van der Waals surface area contributed by atoms with E-state index in [1.807, 2.05) is 25.1 Å². The van der Waals surface area contributed by atoms with Crippen LogP contribution < -0.4 is 0 Å². The summed E-state index contributed by atoms with van der Waals surface area (Å²) in [6, 6.07) is 7.57. The molecule has 0 aliphatic carbocycles. The fraction of sp³-hybridized carbons (Fsp3) is 0.294. The second-order valence-electron chi connectivity index (χ2n) is 6.31. The predicted molar refractivity (Wildman–Crippen MR) is 84.4 cm³/mol. The molecule has 2 aromatic heterocycles. The molecule has 21 heavy (non-hydrogen) atoms. The third-order valence-electron chi connectivity index (χ3n) is 3.58. The Hall–Kier alpha value is -2.36. The second-order valence-corrected chi connectivity index (χ2v) is 6.31. The van der Waals surface area contributed by atoms with Crippen molar-refractivity contribution in [1.29, 1.82) is 0 Å². The molecule has 0 amide bonds. The van der Waals surface area contributed by atoms with E-state index in [4.69, 9.17) is 4.98 Å². The fourth-order valence-electron chi connectivity index (χ4n) is 2.60. The number of fused-ring (bicyclic) bond motifs is 1. The topological polar surface area (TPSA) is 50.9 Å². The van der Waals surface area contributed by atoms with E-state index in [2.05, 4.69) is 30.3 Å². The van der Waals surface area contributed by atoms with Crippen LogP contribution in [0.2, 0.25) is 0 Å². The summed E-state index contributed by atoms with van der Waals surface area (Å²) in [5.74, 6) is 1.20. The molecular weight excluding hydrogens is 262 g/mol. The van der Waals surface area contributed by atoms with Crippen LogP contribution in [0.5, 0.6) is 5.75 Å². The van der Waals surface area contributed by atoms with Gasteiger partial charge in [-0.25, -0.2) is 4.98 Å². The number of aromatic hydroxyl groups is 1. The molecule has 0 saturated carbocycles. The van der Waals surface area contributed by atoms with E-state index in [9.17, 15) is 5.11 Å². The van der Waals surface area contributed by atoms with Crippen molar-refractivity contribution in [1.82, 2.24) is 14.5 Å². The van der Waals surface area contributed by atoms with Crippen molar-refractivity contribution in [2.45, 2.75) is 33.2 Å². The summed E-state index contributed by atoms with van der Waals surface area (Å²) in [6.45, 7) is 8.37. The number of nitrogens with zero attached hydrogens (tertiary/aromatic N) is 3. The second kappa shape index (κ2) is 4.58. The Labute approximate surface area is 124 Å². The van der Waals surface area contributed by atoms with Gasteiger partial charge in [0.05, 0.1) is 11.7 Å². The molecule has 4 nitrogen and oxygen atoms in total. The van der Waals surface area contributed by atoms with Crippen LogP contribution in [-0.2, 0) is 5.54 Å². The largest absolute Gasteiger partial charge is 0.508 e. The highest BCUT2D eigenvalue weighted by Gasteiger charge is 2.22. The van der Waals surface area contributed by atoms with Crippen LogP contribution >= 0.6 is 0 Å². The monoisotopic (exact) mass is 281 g/mol. The third kappa shape index (κ3) is 2.27. The Kier molecular flexibility index (Phi) is 2.97. The molecule has 0 bridgehead atoms. The molecule has 0 atom stereocenters. The lowest BCUT2D eigenvalue weighted by Gasteiger charge is -2.24. The third-order valence-corrected chi connectivity index (χ3v) is 3.58. The van der Waals surface area contributed by atoms with Gasteiger partial charge in [0.2, 0.25) is 0 Å². The highest BCUT2D eigenvalue weighted by atomic mass is 16.3. The Balaban J connectivity index is 2.33. The van der Waals surface area contributed by atoms with E-state index >= 15 is 0 Å². The summed E-state index contributed by atoms with van der Waals surface area (Å²) in [5, 5.41) is 9.72. The van der Waals surface area contributed by atoms with Crippen molar-refractivity contribution in [3.8, 4) is 17.1 Å². The van der Waals surface area contributed by atoms with Crippen LogP contribution in [0.15, 0.2) is 36.7 Å². The number of pyridine rings is 1. The lowest BCUT2D eigenvalue weighted by Crippen LogP contribution is -2.22. The van der Waals surface area contributed by atoms with Gasteiger partial charge in [-0.2, -0.15) is 0 Å². The molecule has 4 heteroatoms. The van der Waals surface area contributed by atoms with Gasteiger partial charge in [0.1, 0.15) is 17.1 Å². The van der Waals surface area contributed by atoms with Crippen LogP contribution in [0.1, 0.15) is 26.3 Å². The van der Waals surface area contributed by atoms with Crippen LogP contribution in [0, 0.1) is 6.92 Å². The zero-order valence-electron chi connectivity index (χ0n) is 12.8. The molecule has 0 aliphatic rings. The highest BCUT2D eigenvalue weighted by Crippen LogP contribution is 2.32. The number of benzene rings is 1. The first-order valence-electron chi connectivity index (χ1n) is 7.01. The first kappa shape index (κ1) is 13.6. The summed E-state index contributed by atoms with van der Waals surface area (Å²) in [4.78, 5) is 8.90. The average Bonchev–Trinajstić information content (AvgIpc) is 2.81. The van der Waals surface area contributed by atoms with Crippen LogP contribution in [0.4, 0.5) is 0 Å². The van der Waals surface area contributed by atoms with Crippen LogP contribution in [-0.4, -0.2) is 19.6 Å². The summed E-state index contributed by atoms with van der Waals surface area (Å²) in [7, 11) is 0. The minimum absolute atomic E-state index is 0.1000. The fourth-order valence-corrected chi connectivity index (χ4v) is 2.60. The number of rotatable bonds is 1. The van der Waals surface area contributed by atoms with Crippen molar-refractivity contribution in [3.63, 3.8) is 0 Å². The van der Waals surface area contributed by atoms with Crippen molar-refractivity contribution in [2.24, 2.45) is 0 Å². The normalized spacial score (nSPS) is 12.0. The number of aryl methyl sites for hydroxylation is 1. The maximum atomic E-state index is 9.72.